The van der Waals surface area contributed by atoms with E-state index < -0.39 is 11.4 Å². The molecule has 2 N–H and O–H groups in total. The zero-order chi connectivity index (χ0) is 24.0. The average molecular weight is 449 g/mol. The molecular formula is C27H20FN5O. The van der Waals surface area contributed by atoms with Gasteiger partial charge < -0.3 is 10.3 Å². The highest BCUT2D eigenvalue weighted by molar-refractivity contribution is 6.03. The van der Waals surface area contributed by atoms with Crippen molar-refractivity contribution >= 4 is 5.84 Å². The maximum Gasteiger partial charge on any atom is 0.253 e. The number of aromatic nitrogens is 2. The Balaban J connectivity index is 1.84. The Labute approximate surface area is 195 Å². The summed E-state index contributed by atoms with van der Waals surface area (Å²) in [5, 5.41) is 9.28. The zero-order valence-corrected chi connectivity index (χ0v) is 18.6. The molecule has 2 aromatic heterocycles. The molecule has 0 saturated heterocycles. The fourth-order valence-corrected chi connectivity index (χ4v) is 4.65. The number of nitrogens with two attached hydrogens (primary N) is 1. The second-order valence-electron chi connectivity index (χ2n) is 8.35. The number of fused-ring (bicyclic) bond motifs is 1. The minimum absolute atomic E-state index is 0.0955. The topological polar surface area (TPSA) is 97.1 Å². The molecule has 1 atom stereocenters. The minimum atomic E-state index is -1.16. The number of amidine groups is 1. The summed E-state index contributed by atoms with van der Waals surface area (Å²) in [4.78, 5) is 21.5. The smallest absolute Gasteiger partial charge is 0.253 e. The van der Waals surface area contributed by atoms with Crippen molar-refractivity contribution < 1.29 is 4.39 Å². The van der Waals surface area contributed by atoms with Crippen LogP contribution in [0.2, 0.25) is 0 Å². The number of hydrogen-bond donors (Lipinski definition) is 1. The number of aliphatic imine (C=N–C) groups is 1. The maximum absolute atomic E-state index is 14.9. The van der Waals surface area contributed by atoms with E-state index in [9.17, 15) is 14.4 Å². The molecule has 0 bridgehead atoms. The lowest BCUT2D eigenvalue weighted by atomic mass is 9.77. The summed E-state index contributed by atoms with van der Waals surface area (Å²) in [7, 11) is 1.68. The van der Waals surface area contributed by atoms with E-state index in [0.29, 0.717) is 22.3 Å². The van der Waals surface area contributed by atoms with E-state index in [2.05, 4.69) is 11.1 Å². The summed E-state index contributed by atoms with van der Waals surface area (Å²) in [5.74, 6) is -0.359. The SMILES string of the molecule is Cc1cc(C2(c3cccc(-c4cncc(C#N)c4)c3)N=C(N)c3c(F)cccc32)cn(C)c1=O. The van der Waals surface area contributed by atoms with Crippen LogP contribution >= 0.6 is 0 Å². The van der Waals surface area contributed by atoms with Gasteiger partial charge in [0, 0.05) is 47.9 Å². The van der Waals surface area contributed by atoms with Gasteiger partial charge in [-0.15, -0.1) is 0 Å². The van der Waals surface area contributed by atoms with Crippen molar-refractivity contribution in [1.82, 2.24) is 9.55 Å². The number of aryl methyl sites for hydroxylation is 2. The molecule has 4 aromatic rings. The van der Waals surface area contributed by atoms with Crippen molar-refractivity contribution in [3.8, 4) is 17.2 Å². The molecule has 3 heterocycles. The second kappa shape index (κ2) is 7.78. The highest BCUT2D eigenvalue weighted by atomic mass is 19.1. The fraction of sp³-hybridized carbons (Fsp3) is 0.111. The molecule has 1 aliphatic heterocycles. The first-order valence-electron chi connectivity index (χ1n) is 10.6. The number of benzene rings is 2. The monoisotopic (exact) mass is 449 g/mol. The first kappa shape index (κ1) is 21.3. The third-order valence-corrected chi connectivity index (χ3v) is 6.21. The maximum atomic E-state index is 14.9. The zero-order valence-electron chi connectivity index (χ0n) is 18.6. The van der Waals surface area contributed by atoms with E-state index in [1.54, 1.807) is 44.6 Å². The van der Waals surface area contributed by atoms with Gasteiger partial charge in [-0.1, -0.05) is 30.3 Å². The largest absolute Gasteiger partial charge is 0.383 e. The van der Waals surface area contributed by atoms with E-state index in [4.69, 9.17) is 10.7 Å². The highest BCUT2D eigenvalue weighted by Gasteiger charge is 2.44. The van der Waals surface area contributed by atoms with Crippen molar-refractivity contribution in [3.05, 3.63) is 123 Å². The molecule has 0 fully saturated rings. The first-order chi connectivity index (χ1) is 16.3. The van der Waals surface area contributed by atoms with Crippen LogP contribution in [0.15, 0.2) is 83.0 Å². The van der Waals surface area contributed by atoms with Crippen molar-refractivity contribution in [3.63, 3.8) is 0 Å². The van der Waals surface area contributed by atoms with E-state index in [0.717, 1.165) is 16.7 Å². The van der Waals surface area contributed by atoms with Crippen molar-refractivity contribution in [2.24, 2.45) is 17.8 Å². The fourth-order valence-electron chi connectivity index (χ4n) is 4.65. The van der Waals surface area contributed by atoms with Crippen LogP contribution in [0.3, 0.4) is 0 Å². The summed E-state index contributed by atoms with van der Waals surface area (Å²) in [6.07, 6.45) is 4.91. The van der Waals surface area contributed by atoms with Crippen LogP contribution in [0.4, 0.5) is 4.39 Å². The molecule has 1 unspecified atom stereocenters. The van der Waals surface area contributed by atoms with Crippen LogP contribution in [0, 0.1) is 24.1 Å². The molecular weight excluding hydrogens is 429 g/mol. The molecule has 2 aromatic carbocycles. The molecule has 7 heteroatoms. The van der Waals surface area contributed by atoms with Gasteiger partial charge in [-0.05, 0) is 42.3 Å². The lowest BCUT2D eigenvalue weighted by Crippen LogP contribution is -2.29. The van der Waals surface area contributed by atoms with Crippen LogP contribution in [0.25, 0.3) is 11.1 Å². The predicted octanol–water partition coefficient (Wildman–Crippen LogP) is 3.78. The van der Waals surface area contributed by atoms with Crippen molar-refractivity contribution in [2.75, 3.05) is 0 Å². The van der Waals surface area contributed by atoms with Crippen molar-refractivity contribution in [1.29, 1.82) is 5.26 Å². The molecule has 1 aliphatic rings. The van der Waals surface area contributed by atoms with Crippen LogP contribution in [0.5, 0.6) is 0 Å². The van der Waals surface area contributed by atoms with Crippen LogP contribution in [-0.2, 0) is 12.6 Å². The second-order valence-corrected chi connectivity index (χ2v) is 8.35. The number of nitriles is 1. The third-order valence-electron chi connectivity index (χ3n) is 6.21. The van der Waals surface area contributed by atoms with Crippen LogP contribution in [0.1, 0.15) is 33.4 Å². The first-order valence-corrected chi connectivity index (χ1v) is 10.6. The quantitative estimate of drug-likeness (QED) is 0.515. The van der Waals surface area contributed by atoms with Gasteiger partial charge >= 0.3 is 0 Å². The number of hydrogen-bond acceptors (Lipinski definition) is 5. The Morgan fingerprint density at radius 1 is 1.06 bits per heavy atom. The van der Waals surface area contributed by atoms with Gasteiger partial charge in [0.15, 0.2) is 0 Å². The minimum Gasteiger partial charge on any atom is -0.383 e. The van der Waals surface area contributed by atoms with Gasteiger partial charge in [-0.3, -0.25) is 9.78 Å². The summed E-state index contributed by atoms with van der Waals surface area (Å²) < 4.78 is 16.4. The molecule has 0 aliphatic carbocycles. The molecule has 0 amide bonds. The van der Waals surface area contributed by atoms with Gasteiger partial charge in [0.1, 0.15) is 23.3 Å². The Bertz CT molecular complexity index is 1570. The standard InChI is InChI=1S/C27H20FN5O/c1-16-9-21(15-33(2)26(16)34)27(22-7-4-8-23(28)24(22)25(30)32-27)20-6-3-5-18(11-20)19-10-17(12-29)13-31-14-19/h3-11,13-15H,1-2H3,(H2,30,32). The van der Waals surface area contributed by atoms with Crippen LogP contribution < -0.4 is 11.3 Å². The number of halogens is 1. The summed E-state index contributed by atoms with van der Waals surface area (Å²) in [5.41, 5.74) is 9.88. The van der Waals surface area contributed by atoms with Gasteiger partial charge in [-0.25, -0.2) is 9.38 Å². The molecule has 0 saturated carbocycles. The molecule has 6 nitrogen and oxygen atoms in total. The molecule has 166 valence electrons. The van der Waals surface area contributed by atoms with Gasteiger partial charge in [0.05, 0.1) is 11.1 Å². The van der Waals surface area contributed by atoms with Crippen molar-refractivity contribution in [2.45, 2.75) is 12.5 Å². The van der Waals surface area contributed by atoms with Gasteiger partial charge in [0.2, 0.25) is 0 Å². The third kappa shape index (κ3) is 3.11. The Morgan fingerprint density at radius 3 is 2.62 bits per heavy atom. The van der Waals surface area contributed by atoms with Gasteiger partial charge in [0.25, 0.3) is 5.56 Å². The normalized spacial score (nSPS) is 16.6. The Kier molecular flexibility index (Phi) is 4.87. The number of rotatable bonds is 3. The van der Waals surface area contributed by atoms with Crippen LogP contribution in [-0.4, -0.2) is 15.4 Å². The lowest BCUT2D eigenvalue weighted by molar-refractivity contribution is 0.613. The van der Waals surface area contributed by atoms with E-state index in [1.807, 2.05) is 30.3 Å². The summed E-state index contributed by atoms with van der Waals surface area (Å²) >= 11 is 0. The molecule has 5 rings (SSSR count). The number of nitrogens with zero attached hydrogens (tertiary/aromatic N) is 4. The summed E-state index contributed by atoms with van der Waals surface area (Å²) in [6, 6.07) is 18.1. The Morgan fingerprint density at radius 2 is 1.85 bits per heavy atom. The molecule has 0 radical (unpaired) electrons. The lowest BCUT2D eigenvalue weighted by Gasteiger charge is -2.30. The molecule has 0 spiro atoms. The van der Waals surface area contributed by atoms with Gasteiger partial charge in [-0.2, -0.15) is 5.26 Å². The average Bonchev–Trinajstić information content (AvgIpc) is 3.16. The highest BCUT2D eigenvalue weighted by Crippen LogP contribution is 2.47. The van der Waals surface area contributed by atoms with E-state index in [-0.39, 0.29) is 17.0 Å². The van der Waals surface area contributed by atoms with E-state index >= 15 is 0 Å². The predicted molar refractivity (Wildman–Crippen MR) is 128 cm³/mol. The number of pyridine rings is 2. The summed E-state index contributed by atoms with van der Waals surface area (Å²) in [6.45, 7) is 1.74. The van der Waals surface area contributed by atoms with E-state index in [1.165, 1.54) is 16.8 Å². The Hall–Kier alpha value is -4.57. The molecule has 34 heavy (non-hydrogen) atoms.